The van der Waals surface area contributed by atoms with Gasteiger partial charge in [-0.3, -0.25) is 4.98 Å². The number of rotatable bonds is 4. The molecule has 2 N–H and O–H groups in total. The summed E-state index contributed by atoms with van der Waals surface area (Å²) in [6.07, 6.45) is 4.15. The molecule has 1 aliphatic rings. The summed E-state index contributed by atoms with van der Waals surface area (Å²) in [4.78, 5) is 6.62. The first kappa shape index (κ1) is 13.3. The first-order valence-corrected chi connectivity index (χ1v) is 6.74. The van der Waals surface area contributed by atoms with E-state index in [2.05, 4.69) is 9.88 Å². The van der Waals surface area contributed by atoms with Gasteiger partial charge in [0.25, 0.3) is 0 Å². The number of anilines is 1. The molecule has 0 bridgehead atoms. The van der Waals surface area contributed by atoms with Gasteiger partial charge < -0.3 is 15.1 Å². The third kappa shape index (κ3) is 3.00. The number of aliphatic hydroxyl groups excluding tert-OH is 2. The number of aromatic nitrogens is 1. The largest absolute Gasteiger partial charge is 0.396 e. The molecular formula is C14H22N2O2. The van der Waals surface area contributed by atoms with Crippen molar-refractivity contribution < 1.29 is 10.2 Å². The molecule has 1 fully saturated rings. The molecule has 0 unspecified atom stereocenters. The summed E-state index contributed by atoms with van der Waals surface area (Å²) < 4.78 is 0. The molecule has 0 saturated carbocycles. The lowest BCUT2D eigenvalue weighted by atomic mass is 9.97. The second-order valence-corrected chi connectivity index (χ2v) is 4.98. The summed E-state index contributed by atoms with van der Waals surface area (Å²) in [5.74, 6) is 0.454. The number of pyridine rings is 1. The van der Waals surface area contributed by atoms with Gasteiger partial charge in [0.15, 0.2) is 0 Å². The molecule has 4 nitrogen and oxygen atoms in total. The fourth-order valence-corrected chi connectivity index (χ4v) is 2.36. The van der Waals surface area contributed by atoms with Crippen molar-refractivity contribution in [2.45, 2.75) is 32.3 Å². The zero-order valence-electron chi connectivity index (χ0n) is 10.9. The van der Waals surface area contributed by atoms with Crippen LogP contribution in [0.4, 0.5) is 5.69 Å². The van der Waals surface area contributed by atoms with E-state index in [-0.39, 0.29) is 0 Å². The predicted octanol–water partition coefficient (Wildman–Crippen LogP) is 1.73. The highest BCUT2D eigenvalue weighted by Gasteiger charge is 2.19. The van der Waals surface area contributed by atoms with Crippen molar-refractivity contribution in [2.24, 2.45) is 5.92 Å². The standard InChI is InChI=1S/C14H22N2O2/c1-2-14(18)13-4-3-12(9-15-13)16-7-5-11(10-17)6-8-16/h3-4,9,11,14,17-18H,2,5-8,10H2,1H3/t14-/m1/s1. The van der Waals surface area contributed by atoms with Gasteiger partial charge in [0.1, 0.15) is 0 Å². The molecule has 1 aromatic rings. The third-order valence-electron chi connectivity index (χ3n) is 3.74. The lowest BCUT2D eigenvalue weighted by molar-refractivity contribution is 0.169. The van der Waals surface area contributed by atoms with Crippen molar-refractivity contribution >= 4 is 5.69 Å². The van der Waals surface area contributed by atoms with Crippen molar-refractivity contribution in [1.82, 2.24) is 4.98 Å². The smallest absolute Gasteiger partial charge is 0.0957 e. The predicted molar refractivity (Wildman–Crippen MR) is 71.5 cm³/mol. The van der Waals surface area contributed by atoms with Gasteiger partial charge in [-0.05, 0) is 37.3 Å². The molecule has 18 heavy (non-hydrogen) atoms. The summed E-state index contributed by atoms with van der Waals surface area (Å²) >= 11 is 0. The second-order valence-electron chi connectivity index (χ2n) is 4.98. The number of piperidine rings is 1. The minimum atomic E-state index is -0.459. The van der Waals surface area contributed by atoms with Crippen molar-refractivity contribution in [3.05, 3.63) is 24.0 Å². The minimum absolute atomic E-state index is 0.299. The van der Waals surface area contributed by atoms with Gasteiger partial charge in [0.05, 0.1) is 23.7 Å². The summed E-state index contributed by atoms with van der Waals surface area (Å²) in [5.41, 5.74) is 1.85. The highest BCUT2D eigenvalue weighted by atomic mass is 16.3. The highest BCUT2D eigenvalue weighted by molar-refractivity contribution is 5.45. The van der Waals surface area contributed by atoms with Crippen LogP contribution in [0.2, 0.25) is 0 Å². The van der Waals surface area contributed by atoms with Crippen molar-refractivity contribution in [3.8, 4) is 0 Å². The Labute approximate surface area is 108 Å². The van der Waals surface area contributed by atoms with Crippen LogP contribution in [-0.2, 0) is 0 Å². The third-order valence-corrected chi connectivity index (χ3v) is 3.74. The van der Waals surface area contributed by atoms with Gasteiger partial charge in [-0.2, -0.15) is 0 Å². The summed E-state index contributed by atoms with van der Waals surface area (Å²) in [7, 11) is 0. The molecule has 0 aliphatic carbocycles. The molecule has 0 amide bonds. The fourth-order valence-electron chi connectivity index (χ4n) is 2.36. The Hall–Kier alpha value is -1.13. The minimum Gasteiger partial charge on any atom is -0.396 e. The van der Waals surface area contributed by atoms with Crippen LogP contribution in [-0.4, -0.2) is 34.9 Å². The van der Waals surface area contributed by atoms with E-state index in [0.717, 1.165) is 37.3 Å². The summed E-state index contributed by atoms with van der Waals surface area (Å²) in [6.45, 7) is 4.19. The molecule has 1 aliphatic heterocycles. The van der Waals surface area contributed by atoms with Gasteiger partial charge in [0, 0.05) is 19.7 Å². The first-order valence-electron chi connectivity index (χ1n) is 6.74. The highest BCUT2D eigenvalue weighted by Crippen LogP contribution is 2.23. The van der Waals surface area contributed by atoms with E-state index in [1.54, 1.807) is 0 Å². The van der Waals surface area contributed by atoms with Crippen LogP contribution in [0.5, 0.6) is 0 Å². The number of aliphatic hydroxyl groups is 2. The number of hydrogen-bond acceptors (Lipinski definition) is 4. The van der Waals surface area contributed by atoms with Crippen LogP contribution >= 0.6 is 0 Å². The SMILES string of the molecule is CC[C@@H](O)c1ccc(N2CCC(CO)CC2)cn1. The molecule has 4 heteroatoms. The van der Waals surface area contributed by atoms with Crippen molar-refractivity contribution in [2.75, 3.05) is 24.6 Å². The Kier molecular flexibility index (Phi) is 4.55. The molecule has 1 atom stereocenters. The van der Waals surface area contributed by atoms with E-state index in [0.29, 0.717) is 18.9 Å². The maximum Gasteiger partial charge on any atom is 0.0957 e. The van der Waals surface area contributed by atoms with E-state index in [1.807, 2.05) is 25.3 Å². The van der Waals surface area contributed by atoms with Gasteiger partial charge in [0.2, 0.25) is 0 Å². The van der Waals surface area contributed by atoms with E-state index >= 15 is 0 Å². The molecule has 0 aromatic carbocycles. The van der Waals surface area contributed by atoms with Crippen LogP contribution in [0.15, 0.2) is 18.3 Å². The monoisotopic (exact) mass is 250 g/mol. The maximum atomic E-state index is 9.69. The molecule has 0 radical (unpaired) electrons. The Morgan fingerprint density at radius 1 is 1.39 bits per heavy atom. The second kappa shape index (κ2) is 6.16. The Bertz CT molecular complexity index is 359. The zero-order chi connectivity index (χ0) is 13.0. The van der Waals surface area contributed by atoms with Crippen LogP contribution in [0.25, 0.3) is 0 Å². The number of nitrogens with zero attached hydrogens (tertiary/aromatic N) is 2. The lowest BCUT2D eigenvalue weighted by Gasteiger charge is -2.32. The number of hydrogen-bond donors (Lipinski definition) is 2. The van der Waals surface area contributed by atoms with Gasteiger partial charge in [-0.15, -0.1) is 0 Å². The fraction of sp³-hybridized carbons (Fsp3) is 0.643. The summed E-state index contributed by atoms with van der Waals surface area (Å²) in [5, 5.41) is 18.8. The average molecular weight is 250 g/mol. The van der Waals surface area contributed by atoms with E-state index in [4.69, 9.17) is 5.11 Å². The van der Waals surface area contributed by atoms with Gasteiger partial charge >= 0.3 is 0 Å². The van der Waals surface area contributed by atoms with Crippen LogP contribution < -0.4 is 4.90 Å². The average Bonchev–Trinajstić information content (AvgIpc) is 2.47. The molecule has 2 heterocycles. The molecule has 2 rings (SSSR count). The van der Waals surface area contributed by atoms with Crippen LogP contribution in [0, 0.1) is 5.92 Å². The Morgan fingerprint density at radius 2 is 2.11 bits per heavy atom. The quantitative estimate of drug-likeness (QED) is 0.854. The van der Waals surface area contributed by atoms with Crippen molar-refractivity contribution in [1.29, 1.82) is 0 Å². The normalized spacial score (nSPS) is 18.9. The maximum absolute atomic E-state index is 9.69. The van der Waals surface area contributed by atoms with E-state index in [1.165, 1.54) is 0 Å². The molecule has 0 spiro atoms. The lowest BCUT2D eigenvalue weighted by Crippen LogP contribution is -2.34. The first-order chi connectivity index (χ1) is 8.74. The van der Waals surface area contributed by atoms with E-state index in [9.17, 15) is 5.11 Å². The zero-order valence-corrected chi connectivity index (χ0v) is 10.9. The topological polar surface area (TPSA) is 56.6 Å². The summed E-state index contributed by atoms with van der Waals surface area (Å²) in [6, 6.07) is 3.93. The Morgan fingerprint density at radius 3 is 2.61 bits per heavy atom. The van der Waals surface area contributed by atoms with Crippen LogP contribution in [0.3, 0.4) is 0 Å². The Balaban J connectivity index is 1.98. The molecule has 1 saturated heterocycles. The van der Waals surface area contributed by atoms with Crippen molar-refractivity contribution in [3.63, 3.8) is 0 Å². The van der Waals surface area contributed by atoms with Gasteiger partial charge in [-0.1, -0.05) is 6.92 Å². The van der Waals surface area contributed by atoms with Gasteiger partial charge in [-0.25, -0.2) is 0 Å². The molecule has 100 valence electrons. The van der Waals surface area contributed by atoms with Crippen LogP contribution in [0.1, 0.15) is 38.0 Å². The van der Waals surface area contributed by atoms with E-state index < -0.39 is 6.10 Å². The molecular weight excluding hydrogens is 228 g/mol. The molecule has 1 aromatic heterocycles.